The molecule has 0 aromatic heterocycles. The molecule has 0 unspecified atom stereocenters. The van der Waals surface area contributed by atoms with Crippen LogP contribution in [0.4, 0.5) is 5.69 Å². The Morgan fingerprint density at radius 1 is 0.759 bits per heavy atom. The Morgan fingerprint density at radius 3 is 1.86 bits per heavy atom. The van der Waals surface area contributed by atoms with Crippen LogP contribution in [0.5, 0.6) is 0 Å². The van der Waals surface area contributed by atoms with Crippen molar-refractivity contribution in [3.05, 3.63) is 102 Å². The number of rotatable bonds is 7. The van der Waals surface area contributed by atoms with Crippen LogP contribution in [0.1, 0.15) is 16.7 Å². The summed E-state index contributed by atoms with van der Waals surface area (Å²) in [4.78, 5) is 2.36. The molecule has 0 aliphatic carbocycles. The molecule has 0 radical (unpaired) electrons. The van der Waals surface area contributed by atoms with E-state index in [-0.39, 0.29) is 0 Å². The van der Waals surface area contributed by atoms with Crippen molar-refractivity contribution in [2.24, 2.45) is 5.10 Å². The molecule has 148 valence electrons. The van der Waals surface area contributed by atoms with Crippen LogP contribution >= 0.6 is 0 Å². The molecular weight excluding hydrogens is 358 g/mol. The van der Waals surface area contributed by atoms with Crippen molar-refractivity contribution >= 4 is 11.9 Å². The number of benzene rings is 3. The number of hydrogen-bond donors (Lipinski definition) is 0. The summed E-state index contributed by atoms with van der Waals surface area (Å²) in [5.41, 5.74) is 4.86. The first-order valence-corrected chi connectivity index (χ1v) is 10.2. The van der Waals surface area contributed by atoms with Gasteiger partial charge < -0.3 is 9.64 Å². The van der Waals surface area contributed by atoms with Gasteiger partial charge in [-0.15, -0.1) is 0 Å². The van der Waals surface area contributed by atoms with Crippen molar-refractivity contribution in [1.82, 2.24) is 5.01 Å². The normalized spacial score (nSPS) is 14.3. The van der Waals surface area contributed by atoms with E-state index in [2.05, 4.69) is 82.7 Å². The summed E-state index contributed by atoms with van der Waals surface area (Å²) in [6.45, 7) is 5.06. The van der Waals surface area contributed by atoms with Crippen LogP contribution in [-0.2, 0) is 17.8 Å². The van der Waals surface area contributed by atoms with E-state index in [4.69, 9.17) is 9.84 Å². The van der Waals surface area contributed by atoms with E-state index in [1.807, 2.05) is 18.3 Å². The summed E-state index contributed by atoms with van der Waals surface area (Å²) in [5.74, 6) is 0. The molecule has 1 aliphatic heterocycles. The van der Waals surface area contributed by atoms with Crippen LogP contribution in [0.15, 0.2) is 90.0 Å². The van der Waals surface area contributed by atoms with Gasteiger partial charge >= 0.3 is 0 Å². The SMILES string of the molecule is C(=N/N(Cc1ccccc1)Cc1ccccc1)/c1ccc(N2CCOCC2)cc1. The Hall–Kier alpha value is -3.11. The molecule has 0 N–H and O–H groups in total. The van der Waals surface area contributed by atoms with Gasteiger partial charge in [0.2, 0.25) is 0 Å². The predicted molar refractivity (Wildman–Crippen MR) is 119 cm³/mol. The number of hydrogen-bond acceptors (Lipinski definition) is 4. The molecular formula is C25H27N3O. The molecule has 0 bridgehead atoms. The number of hydrazone groups is 1. The summed E-state index contributed by atoms with van der Waals surface area (Å²) in [6.07, 6.45) is 1.95. The zero-order chi connectivity index (χ0) is 19.7. The number of nitrogens with zero attached hydrogens (tertiary/aromatic N) is 3. The molecule has 0 atom stereocenters. The molecule has 3 aromatic carbocycles. The summed E-state index contributed by atoms with van der Waals surface area (Å²) in [7, 11) is 0. The van der Waals surface area contributed by atoms with Gasteiger partial charge in [-0.3, -0.25) is 5.01 Å². The second kappa shape index (κ2) is 9.89. The molecule has 3 aromatic rings. The minimum Gasteiger partial charge on any atom is -0.378 e. The average molecular weight is 386 g/mol. The Kier molecular flexibility index (Phi) is 6.56. The minimum absolute atomic E-state index is 0.776. The number of ether oxygens (including phenoxy) is 1. The predicted octanol–water partition coefficient (Wildman–Crippen LogP) is 4.56. The van der Waals surface area contributed by atoms with Crippen molar-refractivity contribution in [2.45, 2.75) is 13.1 Å². The van der Waals surface area contributed by atoms with Gasteiger partial charge in [0.05, 0.1) is 32.5 Å². The molecule has 1 heterocycles. The van der Waals surface area contributed by atoms with Crippen molar-refractivity contribution in [1.29, 1.82) is 0 Å². The molecule has 4 rings (SSSR count). The van der Waals surface area contributed by atoms with Crippen LogP contribution in [0.3, 0.4) is 0 Å². The highest BCUT2D eigenvalue weighted by Gasteiger charge is 2.10. The van der Waals surface area contributed by atoms with E-state index in [1.54, 1.807) is 0 Å². The molecule has 0 spiro atoms. The molecule has 1 aliphatic rings. The zero-order valence-corrected chi connectivity index (χ0v) is 16.7. The lowest BCUT2D eigenvalue weighted by molar-refractivity contribution is 0.122. The summed E-state index contributed by atoms with van der Waals surface area (Å²) < 4.78 is 5.44. The Morgan fingerprint density at radius 2 is 1.31 bits per heavy atom. The van der Waals surface area contributed by atoms with Gasteiger partial charge in [0, 0.05) is 18.8 Å². The molecule has 1 fully saturated rings. The Labute approximate surface area is 173 Å². The zero-order valence-electron chi connectivity index (χ0n) is 16.7. The molecule has 0 amide bonds. The van der Waals surface area contributed by atoms with Gasteiger partial charge in [-0.2, -0.15) is 5.10 Å². The van der Waals surface area contributed by atoms with Gasteiger partial charge in [-0.1, -0.05) is 72.8 Å². The third kappa shape index (κ3) is 5.69. The van der Waals surface area contributed by atoms with E-state index in [1.165, 1.54) is 16.8 Å². The Bertz CT molecular complexity index is 847. The molecule has 4 nitrogen and oxygen atoms in total. The topological polar surface area (TPSA) is 28.1 Å². The first kappa shape index (κ1) is 19.2. The lowest BCUT2D eigenvalue weighted by Crippen LogP contribution is -2.36. The van der Waals surface area contributed by atoms with Gasteiger partial charge in [0.1, 0.15) is 0 Å². The third-order valence-electron chi connectivity index (χ3n) is 5.06. The third-order valence-corrected chi connectivity index (χ3v) is 5.06. The van der Waals surface area contributed by atoms with Crippen LogP contribution in [0.25, 0.3) is 0 Å². The first-order chi connectivity index (χ1) is 14.4. The second-order valence-corrected chi connectivity index (χ2v) is 7.23. The van der Waals surface area contributed by atoms with Crippen molar-refractivity contribution in [3.8, 4) is 0 Å². The van der Waals surface area contributed by atoms with E-state index in [9.17, 15) is 0 Å². The Balaban J connectivity index is 1.46. The van der Waals surface area contributed by atoms with Gasteiger partial charge in [0.15, 0.2) is 0 Å². The monoisotopic (exact) mass is 385 g/mol. The highest BCUT2D eigenvalue weighted by molar-refractivity contribution is 5.80. The van der Waals surface area contributed by atoms with E-state index in [0.717, 1.165) is 45.0 Å². The van der Waals surface area contributed by atoms with Crippen LogP contribution in [-0.4, -0.2) is 37.5 Å². The van der Waals surface area contributed by atoms with Crippen molar-refractivity contribution < 1.29 is 4.74 Å². The van der Waals surface area contributed by atoms with Gasteiger partial charge in [-0.25, -0.2) is 0 Å². The molecule has 29 heavy (non-hydrogen) atoms. The first-order valence-electron chi connectivity index (χ1n) is 10.2. The van der Waals surface area contributed by atoms with E-state index >= 15 is 0 Å². The minimum atomic E-state index is 0.776. The van der Waals surface area contributed by atoms with Crippen LogP contribution in [0.2, 0.25) is 0 Å². The maximum absolute atomic E-state index is 5.44. The number of anilines is 1. The summed E-state index contributed by atoms with van der Waals surface area (Å²) >= 11 is 0. The van der Waals surface area contributed by atoms with Crippen LogP contribution in [0, 0.1) is 0 Å². The smallest absolute Gasteiger partial charge is 0.0642 e. The quantitative estimate of drug-likeness (QED) is 0.441. The van der Waals surface area contributed by atoms with Crippen molar-refractivity contribution in [2.75, 3.05) is 31.2 Å². The standard InChI is InChI=1S/C25H27N3O/c1-3-7-23(8-4-1)20-28(21-24-9-5-2-6-10-24)26-19-22-11-13-25(14-12-22)27-15-17-29-18-16-27/h1-14,19H,15-18,20-21H2/b26-19-. The fraction of sp³-hybridized carbons (Fsp3) is 0.240. The molecule has 1 saturated heterocycles. The summed E-state index contributed by atoms with van der Waals surface area (Å²) in [6, 6.07) is 29.6. The van der Waals surface area contributed by atoms with Crippen molar-refractivity contribution in [3.63, 3.8) is 0 Å². The number of morpholine rings is 1. The highest BCUT2D eigenvalue weighted by Crippen LogP contribution is 2.16. The molecule has 4 heteroatoms. The second-order valence-electron chi connectivity index (χ2n) is 7.23. The highest BCUT2D eigenvalue weighted by atomic mass is 16.5. The fourth-order valence-electron chi connectivity index (χ4n) is 3.47. The van der Waals surface area contributed by atoms with Gasteiger partial charge in [0.25, 0.3) is 0 Å². The maximum Gasteiger partial charge on any atom is 0.0642 e. The average Bonchev–Trinajstić information content (AvgIpc) is 2.80. The maximum atomic E-state index is 5.44. The fourth-order valence-corrected chi connectivity index (χ4v) is 3.47. The van der Waals surface area contributed by atoms with E-state index in [0.29, 0.717) is 0 Å². The summed E-state index contributed by atoms with van der Waals surface area (Å²) in [5, 5.41) is 6.91. The van der Waals surface area contributed by atoms with E-state index < -0.39 is 0 Å². The van der Waals surface area contributed by atoms with Gasteiger partial charge in [-0.05, 0) is 28.8 Å². The lowest BCUT2D eigenvalue weighted by Gasteiger charge is -2.28. The van der Waals surface area contributed by atoms with Crippen LogP contribution < -0.4 is 4.90 Å². The largest absolute Gasteiger partial charge is 0.378 e. The molecule has 0 saturated carbocycles. The lowest BCUT2D eigenvalue weighted by atomic mass is 10.2.